The molecule has 0 atom stereocenters. The van der Waals surface area contributed by atoms with E-state index in [0.717, 1.165) is 54.7 Å². The molecule has 60 heavy (non-hydrogen) atoms. The number of hydrogen-bond acceptors (Lipinski definition) is 12. The van der Waals surface area contributed by atoms with Crippen molar-refractivity contribution in [1.29, 1.82) is 0 Å². The first-order valence-electron chi connectivity index (χ1n) is 18.5. The zero-order valence-electron chi connectivity index (χ0n) is 31.3. The van der Waals surface area contributed by atoms with Crippen LogP contribution in [0.1, 0.15) is 0 Å². The molecule has 0 radical (unpaired) electrons. The second-order valence-electron chi connectivity index (χ2n) is 14.5. The predicted molar refractivity (Wildman–Crippen MR) is 231 cm³/mol. The number of aromatic nitrogens is 6. The van der Waals surface area contributed by atoms with Crippen molar-refractivity contribution in [2.75, 3.05) is 23.9 Å². The van der Waals surface area contributed by atoms with E-state index in [2.05, 4.69) is 116 Å². The van der Waals surface area contributed by atoms with Crippen LogP contribution >= 0.6 is 47.0 Å². The van der Waals surface area contributed by atoms with Crippen molar-refractivity contribution in [2.45, 2.75) is 39.4 Å². The molecule has 0 amide bonds. The van der Waals surface area contributed by atoms with Crippen LogP contribution in [0.4, 0.5) is 11.4 Å². The van der Waals surface area contributed by atoms with Gasteiger partial charge in [0.05, 0.1) is 0 Å². The van der Waals surface area contributed by atoms with E-state index in [1.54, 1.807) is 35.9 Å². The van der Waals surface area contributed by atoms with Gasteiger partial charge in [-0.3, -0.25) is 9.36 Å². The molecule has 4 aromatic heterocycles. The van der Waals surface area contributed by atoms with Gasteiger partial charge in [-0.15, -0.1) is 56.8 Å². The molecule has 0 saturated carbocycles. The van der Waals surface area contributed by atoms with Gasteiger partial charge in [0.25, 0.3) is 0 Å². The second kappa shape index (κ2) is 14.8. The summed E-state index contributed by atoms with van der Waals surface area (Å²) in [5, 5.41) is 11.0. The predicted octanol–water partition coefficient (Wildman–Crippen LogP) is 3.62. The van der Waals surface area contributed by atoms with Gasteiger partial charge >= 0.3 is 0 Å². The largest absolute Gasteiger partial charge is 0.510 e. The second-order valence-corrected chi connectivity index (χ2v) is 18.6. The van der Waals surface area contributed by atoms with Crippen LogP contribution in [0.5, 0.6) is 0 Å². The third-order valence-corrected chi connectivity index (χ3v) is 15.9. The Morgan fingerprint density at radius 2 is 0.967 bits per heavy atom. The Balaban J connectivity index is 0.00000204. The normalized spacial score (nSPS) is 15.8. The van der Waals surface area contributed by atoms with Gasteiger partial charge in [-0.2, -0.15) is 105 Å². The summed E-state index contributed by atoms with van der Waals surface area (Å²) in [6, 6.07) is 28.2. The van der Waals surface area contributed by atoms with Crippen LogP contribution in [-0.4, -0.2) is 66.8 Å². The van der Waals surface area contributed by atoms with E-state index in [1.165, 1.54) is 40.3 Å². The molecule has 18 heteroatoms. The van der Waals surface area contributed by atoms with E-state index in [1.807, 2.05) is 83.9 Å². The van der Waals surface area contributed by atoms with Gasteiger partial charge in [-0.05, 0) is 83.4 Å². The number of benzene rings is 3. The summed E-state index contributed by atoms with van der Waals surface area (Å²) in [4.78, 5) is 26.0. The molecular formula is C42H24B2N10Pt2S4-6. The first-order valence-corrected chi connectivity index (χ1v) is 21.8. The van der Waals surface area contributed by atoms with Crippen molar-refractivity contribution in [2.24, 2.45) is 0 Å². The number of fused-ring (bicyclic) bond motifs is 10. The topological polar surface area (TPSA) is 74.4 Å². The van der Waals surface area contributed by atoms with Crippen LogP contribution in [-0.2, 0) is 42.1 Å². The number of hydrogen-bond donors (Lipinski definition) is 0. The summed E-state index contributed by atoms with van der Waals surface area (Å²) in [6.07, 6.45) is 19.5. The molecular weight excluding hydrogens is 1180 g/mol. The summed E-state index contributed by atoms with van der Waals surface area (Å²) in [5.41, 5.74) is 10.5. The first kappa shape index (κ1) is 38.9. The Labute approximate surface area is 393 Å². The van der Waals surface area contributed by atoms with Crippen LogP contribution < -0.4 is 42.6 Å². The Hall–Kier alpha value is -4.03. The van der Waals surface area contributed by atoms with E-state index in [4.69, 9.17) is 9.97 Å². The Bertz CT molecular complexity index is 2750. The monoisotopic (exact) mass is 1210 g/mol. The Morgan fingerprint density at radius 3 is 1.37 bits per heavy atom. The fourth-order valence-corrected chi connectivity index (χ4v) is 13.6. The quantitative estimate of drug-likeness (QED) is 0.191. The summed E-state index contributed by atoms with van der Waals surface area (Å²) in [6.45, 7) is 3.84. The molecule has 6 aliphatic rings. The molecule has 0 spiro atoms. The Morgan fingerprint density at radius 1 is 0.533 bits per heavy atom. The van der Waals surface area contributed by atoms with Gasteiger partial charge in [0.1, 0.15) is 0 Å². The molecule has 0 bridgehead atoms. The van der Waals surface area contributed by atoms with E-state index < -0.39 is 0 Å². The standard InChI is InChI=1S/C42H24B2N10S4.2Pt/c1-49-13-15-51(23-49)25-5-7-33-29(17-25)43-31-19-27(53-11-3-9-47-53)21-45-41(31)57-39-35(43)37(55-33)38-36-40(39)58-42-32(20-28(22-46-42)54-12-4-10-48-54)44(36)30-18-26(6-8-34(30)56-38)52-16-14-50(2)24-52;;/h3-16,21-24H,1-2H3;;/q-6;;. The summed E-state index contributed by atoms with van der Waals surface area (Å²) < 4.78 is 3.68. The SMILES string of the molecule is CN1C=CN(c2[c-]c3c(cc2)Sc2c4c5c(c6c2B3c2[c-]c(-n3cccn3)cnc2S6)Sc2ncc(-n3cccn3)[c-]c2B5c2[c-]c(N3C=CN(C)[CH-]3)ccc2S4)[CH-]1.[Pt].[Pt]. The zero-order chi connectivity index (χ0) is 38.2. The molecule has 7 aromatic rings. The molecule has 13 rings (SSSR count). The van der Waals surface area contributed by atoms with Crippen molar-refractivity contribution in [3.63, 3.8) is 0 Å². The van der Waals surface area contributed by atoms with Crippen molar-refractivity contribution >= 4 is 105 Å². The van der Waals surface area contributed by atoms with Crippen LogP contribution in [0.25, 0.3) is 11.4 Å². The van der Waals surface area contributed by atoms with E-state index in [9.17, 15) is 0 Å². The summed E-state index contributed by atoms with van der Waals surface area (Å²) >= 11 is 7.21. The van der Waals surface area contributed by atoms with E-state index in [-0.39, 0.29) is 55.6 Å². The van der Waals surface area contributed by atoms with Gasteiger partial charge in [0, 0.05) is 86.5 Å². The van der Waals surface area contributed by atoms with Gasteiger partial charge in [0.2, 0.25) is 0 Å². The molecule has 0 fully saturated rings. The van der Waals surface area contributed by atoms with Crippen molar-refractivity contribution in [1.82, 2.24) is 39.3 Å². The molecule has 0 aliphatic carbocycles. The maximum absolute atomic E-state index is 5.16. The molecule has 6 aliphatic heterocycles. The smallest absolute Gasteiger partial charge is 0.198 e. The van der Waals surface area contributed by atoms with Crippen LogP contribution in [0, 0.1) is 37.6 Å². The maximum atomic E-state index is 5.16. The third kappa shape index (κ3) is 5.92. The van der Waals surface area contributed by atoms with Crippen molar-refractivity contribution in [3.8, 4) is 11.4 Å². The minimum Gasteiger partial charge on any atom is -0.510 e. The summed E-state index contributed by atoms with van der Waals surface area (Å²) in [7, 11) is 4.08. The molecule has 10 heterocycles. The minimum absolute atomic E-state index is 0. The fourth-order valence-electron chi connectivity index (χ4n) is 8.40. The number of anilines is 2. The summed E-state index contributed by atoms with van der Waals surface area (Å²) in [5.74, 6) is 0. The molecule has 298 valence electrons. The van der Waals surface area contributed by atoms with Gasteiger partial charge in [0.15, 0.2) is 13.4 Å². The number of nitrogens with zero attached hydrogens (tertiary/aromatic N) is 10. The van der Waals surface area contributed by atoms with Crippen LogP contribution in [0.3, 0.4) is 0 Å². The molecule has 3 aromatic carbocycles. The van der Waals surface area contributed by atoms with Gasteiger partial charge in [-0.1, -0.05) is 12.4 Å². The van der Waals surface area contributed by atoms with E-state index in [0.29, 0.717) is 0 Å². The van der Waals surface area contributed by atoms with Gasteiger partial charge < -0.3 is 29.6 Å². The fraction of sp³-hybridized carbons (Fsp3) is 0.0476. The van der Waals surface area contributed by atoms with Crippen molar-refractivity contribution < 1.29 is 42.1 Å². The van der Waals surface area contributed by atoms with Crippen molar-refractivity contribution in [3.05, 3.63) is 136 Å². The zero-order valence-corrected chi connectivity index (χ0v) is 39.1. The average Bonchev–Trinajstić information content (AvgIpc) is 4.11. The molecule has 0 N–H and O–H groups in total. The van der Waals surface area contributed by atoms with Gasteiger partial charge in [-0.25, -0.2) is 0 Å². The molecule has 0 saturated heterocycles. The molecule has 0 unspecified atom stereocenters. The average molecular weight is 1210 g/mol. The first-order chi connectivity index (χ1) is 28.5. The maximum Gasteiger partial charge on any atom is 0.198 e. The van der Waals surface area contributed by atoms with E-state index >= 15 is 0 Å². The third-order valence-electron chi connectivity index (χ3n) is 11.0. The van der Waals surface area contributed by atoms with Crippen LogP contribution in [0.2, 0.25) is 0 Å². The minimum atomic E-state index is -0.154. The number of pyridine rings is 2. The van der Waals surface area contributed by atoms with Crippen LogP contribution in [0.15, 0.2) is 138 Å². The Kier molecular flexibility index (Phi) is 9.59. The number of rotatable bonds is 4. The molecule has 10 nitrogen and oxygen atoms in total.